The van der Waals surface area contributed by atoms with Crippen molar-refractivity contribution in [3.05, 3.63) is 29.8 Å². The van der Waals surface area contributed by atoms with E-state index in [4.69, 9.17) is 9.84 Å². The van der Waals surface area contributed by atoms with Crippen molar-refractivity contribution in [2.75, 3.05) is 20.3 Å². The molecule has 0 bridgehead atoms. The first-order chi connectivity index (χ1) is 8.74. The van der Waals surface area contributed by atoms with Crippen LogP contribution in [0.1, 0.15) is 31.2 Å². The molecule has 1 aliphatic carbocycles. The summed E-state index contributed by atoms with van der Waals surface area (Å²) in [5, 5.41) is 12.5. The molecule has 0 saturated heterocycles. The molecule has 1 fully saturated rings. The molecule has 1 aromatic rings. The Morgan fingerprint density at radius 3 is 2.78 bits per heavy atom. The van der Waals surface area contributed by atoms with Crippen molar-refractivity contribution in [2.24, 2.45) is 5.92 Å². The number of ether oxygens (including phenoxy) is 1. The number of methoxy groups -OCH3 is 1. The lowest BCUT2D eigenvalue weighted by Crippen LogP contribution is -2.42. The summed E-state index contributed by atoms with van der Waals surface area (Å²) in [5.41, 5.74) is 1.33. The van der Waals surface area contributed by atoms with Crippen LogP contribution < -0.4 is 10.1 Å². The van der Waals surface area contributed by atoms with Gasteiger partial charge >= 0.3 is 0 Å². The Labute approximate surface area is 109 Å². The zero-order valence-corrected chi connectivity index (χ0v) is 11.2. The average molecular weight is 249 g/mol. The van der Waals surface area contributed by atoms with Crippen molar-refractivity contribution in [1.29, 1.82) is 0 Å². The van der Waals surface area contributed by atoms with Gasteiger partial charge in [0.25, 0.3) is 0 Å². The van der Waals surface area contributed by atoms with Gasteiger partial charge in [0.05, 0.1) is 7.11 Å². The molecule has 100 valence electrons. The van der Waals surface area contributed by atoms with E-state index >= 15 is 0 Å². The zero-order valence-electron chi connectivity index (χ0n) is 11.2. The van der Waals surface area contributed by atoms with Crippen LogP contribution in [0.3, 0.4) is 0 Å². The van der Waals surface area contributed by atoms with E-state index in [9.17, 15) is 0 Å². The molecule has 3 nitrogen and oxygen atoms in total. The van der Waals surface area contributed by atoms with Crippen molar-refractivity contribution in [3.8, 4) is 5.75 Å². The number of hydrogen-bond acceptors (Lipinski definition) is 3. The van der Waals surface area contributed by atoms with E-state index in [1.54, 1.807) is 7.11 Å². The van der Waals surface area contributed by atoms with Crippen LogP contribution in [0.5, 0.6) is 5.75 Å². The summed E-state index contributed by atoms with van der Waals surface area (Å²) in [4.78, 5) is 0. The molecule has 3 heteroatoms. The first-order valence-electron chi connectivity index (χ1n) is 6.71. The Morgan fingerprint density at radius 2 is 2.11 bits per heavy atom. The maximum Gasteiger partial charge on any atom is 0.122 e. The van der Waals surface area contributed by atoms with E-state index in [-0.39, 0.29) is 6.61 Å². The fourth-order valence-corrected chi connectivity index (χ4v) is 2.47. The summed E-state index contributed by atoms with van der Waals surface area (Å²) in [6.07, 6.45) is 2.33. The standard InChI is InChI=1S/C15H23NO2/c1-11(10-17)9-16-13-7-12(8-13)14-5-3-4-6-15(14)18-2/h3-6,11-13,16-17H,7-10H2,1-2H3. The van der Waals surface area contributed by atoms with Gasteiger partial charge in [-0.25, -0.2) is 0 Å². The lowest BCUT2D eigenvalue weighted by molar-refractivity contribution is 0.213. The minimum atomic E-state index is 0.260. The highest BCUT2D eigenvalue weighted by atomic mass is 16.5. The fraction of sp³-hybridized carbons (Fsp3) is 0.600. The third kappa shape index (κ3) is 3.03. The lowest BCUT2D eigenvalue weighted by Gasteiger charge is -2.37. The van der Waals surface area contributed by atoms with Crippen molar-refractivity contribution in [2.45, 2.75) is 31.7 Å². The number of aliphatic hydroxyl groups excluding tert-OH is 1. The topological polar surface area (TPSA) is 41.5 Å². The summed E-state index contributed by atoms with van der Waals surface area (Å²) in [5.74, 6) is 1.96. The predicted octanol–water partition coefficient (Wildman–Crippen LogP) is 2.16. The van der Waals surface area contributed by atoms with E-state index < -0.39 is 0 Å². The normalized spacial score (nSPS) is 24.4. The molecule has 1 aliphatic rings. The van der Waals surface area contributed by atoms with E-state index in [2.05, 4.69) is 24.4 Å². The molecular weight excluding hydrogens is 226 g/mol. The van der Waals surface area contributed by atoms with E-state index in [1.807, 2.05) is 12.1 Å². The van der Waals surface area contributed by atoms with Gasteiger partial charge in [-0.05, 0) is 36.3 Å². The van der Waals surface area contributed by atoms with Gasteiger partial charge in [-0.1, -0.05) is 25.1 Å². The SMILES string of the molecule is COc1ccccc1C1CC(NCC(C)CO)C1. The largest absolute Gasteiger partial charge is 0.496 e. The Hall–Kier alpha value is -1.06. The molecule has 0 heterocycles. The van der Waals surface area contributed by atoms with Crippen molar-refractivity contribution in [1.82, 2.24) is 5.32 Å². The van der Waals surface area contributed by atoms with Crippen LogP contribution in [0.25, 0.3) is 0 Å². The molecule has 1 saturated carbocycles. The minimum absolute atomic E-state index is 0.260. The van der Waals surface area contributed by atoms with E-state index in [1.165, 1.54) is 18.4 Å². The quantitative estimate of drug-likeness (QED) is 0.812. The smallest absolute Gasteiger partial charge is 0.122 e. The first kappa shape index (κ1) is 13.4. The number of nitrogens with one attached hydrogen (secondary N) is 1. The van der Waals surface area contributed by atoms with E-state index in [0.29, 0.717) is 17.9 Å². The van der Waals surface area contributed by atoms with Crippen molar-refractivity contribution in [3.63, 3.8) is 0 Å². The van der Waals surface area contributed by atoms with Gasteiger partial charge in [-0.2, -0.15) is 0 Å². The highest BCUT2D eigenvalue weighted by molar-refractivity contribution is 5.37. The molecule has 0 spiro atoms. The Balaban J connectivity index is 1.81. The van der Waals surface area contributed by atoms with Gasteiger partial charge in [0.15, 0.2) is 0 Å². The average Bonchev–Trinajstić information content (AvgIpc) is 2.37. The van der Waals surface area contributed by atoms with Crippen molar-refractivity contribution < 1.29 is 9.84 Å². The van der Waals surface area contributed by atoms with Crippen LogP contribution in [0.4, 0.5) is 0 Å². The van der Waals surface area contributed by atoms with Gasteiger partial charge < -0.3 is 15.2 Å². The summed E-state index contributed by atoms with van der Waals surface area (Å²) >= 11 is 0. The molecule has 2 rings (SSSR count). The zero-order chi connectivity index (χ0) is 13.0. The minimum Gasteiger partial charge on any atom is -0.496 e. The maximum atomic E-state index is 8.98. The second-order valence-electron chi connectivity index (χ2n) is 5.30. The molecule has 0 aromatic heterocycles. The second-order valence-corrected chi connectivity index (χ2v) is 5.30. The predicted molar refractivity (Wildman–Crippen MR) is 73.0 cm³/mol. The third-order valence-electron chi connectivity index (χ3n) is 3.78. The molecule has 0 radical (unpaired) electrons. The van der Waals surface area contributed by atoms with Crippen LogP contribution in [0.15, 0.2) is 24.3 Å². The molecule has 2 N–H and O–H groups in total. The Kier molecular flexibility index (Phi) is 4.61. The molecule has 1 atom stereocenters. The van der Waals surface area contributed by atoms with Crippen LogP contribution in [-0.2, 0) is 0 Å². The summed E-state index contributed by atoms with van der Waals surface area (Å²) in [7, 11) is 1.73. The van der Waals surface area contributed by atoms with Crippen molar-refractivity contribution >= 4 is 0 Å². The second kappa shape index (κ2) is 6.21. The van der Waals surface area contributed by atoms with E-state index in [0.717, 1.165) is 12.3 Å². The molecule has 1 unspecified atom stereocenters. The third-order valence-corrected chi connectivity index (χ3v) is 3.78. The van der Waals surface area contributed by atoms with Gasteiger partial charge in [-0.15, -0.1) is 0 Å². The lowest BCUT2D eigenvalue weighted by atomic mass is 9.75. The number of rotatable bonds is 6. The first-order valence-corrected chi connectivity index (χ1v) is 6.71. The highest BCUT2D eigenvalue weighted by Gasteiger charge is 2.31. The maximum absolute atomic E-state index is 8.98. The summed E-state index contributed by atoms with van der Waals surface area (Å²) in [6, 6.07) is 8.88. The van der Waals surface area contributed by atoms with Gasteiger partial charge in [0.1, 0.15) is 5.75 Å². The molecule has 0 amide bonds. The summed E-state index contributed by atoms with van der Waals surface area (Å²) < 4.78 is 5.40. The molecule has 1 aromatic carbocycles. The van der Waals surface area contributed by atoms with Crippen LogP contribution in [0, 0.1) is 5.92 Å². The molecule has 18 heavy (non-hydrogen) atoms. The summed E-state index contributed by atoms with van der Waals surface area (Å²) in [6.45, 7) is 3.22. The van der Waals surface area contributed by atoms with Gasteiger partial charge in [0.2, 0.25) is 0 Å². The monoisotopic (exact) mass is 249 g/mol. The highest BCUT2D eigenvalue weighted by Crippen LogP contribution is 2.40. The Morgan fingerprint density at radius 1 is 1.39 bits per heavy atom. The number of para-hydroxylation sites is 1. The van der Waals surface area contributed by atoms with Gasteiger partial charge in [0, 0.05) is 19.2 Å². The fourth-order valence-electron chi connectivity index (χ4n) is 2.47. The molecular formula is C15H23NO2. The number of benzene rings is 1. The Bertz CT molecular complexity index is 375. The van der Waals surface area contributed by atoms with Crippen LogP contribution >= 0.6 is 0 Å². The molecule has 0 aliphatic heterocycles. The van der Waals surface area contributed by atoms with Crippen LogP contribution in [-0.4, -0.2) is 31.4 Å². The number of hydrogen-bond donors (Lipinski definition) is 2. The van der Waals surface area contributed by atoms with Crippen LogP contribution in [0.2, 0.25) is 0 Å². The number of aliphatic hydroxyl groups is 1. The van der Waals surface area contributed by atoms with Gasteiger partial charge in [-0.3, -0.25) is 0 Å².